The summed E-state index contributed by atoms with van der Waals surface area (Å²) in [5.41, 5.74) is -0.0180. The number of likely N-dealkylation sites (N-methyl/N-ethyl adjacent to an activating group) is 1. The lowest BCUT2D eigenvalue weighted by molar-refractivity contribution is 0.0690. The van der Waals surface area contributed by atoms with Crippen LogP contribution in [0.25, 0.3) is 0 Å². The van der Waals surface area contributed by atoms with Crippen LogP contribution in [0.2, 0.25) is 0 Å². The van der Waals surface area contributed by atoms with Gasteiger partial charge in [-0.3, -0.25) is 0 Å². The summed E-state index contributed by atoms with van der Waals surface area (Å²) < 4.78 is 0. The van der Waals surface area contributed by atoms with Crippen molar-refractivity contribution in [1.29, 1.82) is 0 Å². The lowest BCUT2D eigenvalue weighted by Gasteiger charge is -2.38. The van der Waals surface area contributed by atoms with Crippen molar-refractivity contribution in [2.24, 2.45) is 0 Å². The Morgan fingerprint density at radius 2 is 2.18 bits per heavy atom. The van der Waals surface area contributed by atoms with Gasteiger partial charge in [0, 0.05) is 25.7 Å². The van der Waals surface area contributed by atoms with Crippen molar-refractivity contribution in [3.05, 3.63) is 18.1 Å². The fourth-order valence-electron chi connectivity index (χ4n) is 2.06. The predicted octanol–water partition coefficient (Wildman–Crippen LogP) is 0.315. The molecule has 0 bridgehead atoms. The molecule has 1 atom stereocenters. The van der Waals surface area contributed by atoms with E-state index < -0.39 is 5.97 Å². The summed E-state index contributed by atoms with van der Waals surface area (Å²) in [7, 11) is 2.09. The maximum Gasteiger partial charge on any atom is 0.356 e. The Kier molecular flexibility index (Phi) is 3.23. The normalized spacial score (nSPS) is 21.5. The van der Waals surface area contributed by atoms with Crippen molar-refractivity contribution in [2.75, 3.05) is 31.6 Å². The monoisotopic (exact) mass is 236 g/mol. The van der Waals surface area contributed by atoms with Crippen LogP contribution in [-0.4, -0.2) is 58.7 Å². The van der Waals surface area contributed by atoms with Crippen LogP contribution >= 0.6 is 0 Å². The van der Waals surface area contributed by atoms with E-state index in [9.17, 15) is 4.79 Å². The maximum atomic E-state index is 10.7. The molecule has 1 saturated heterocycles. The number of carbonyl (C=O) groups is 1. The van der Waals surface area contributed by atoms with E-state index in [2.05, 4.69) is 33.7 Å². The van der Waals surface area contributed by atoms with Gasteiger partial charge in [-0.15, -0.1) is 0 Å². The van der Waals surface area contributed by atoms with Gasteiger partial charge >= 0.3 is 5.97 Å². The molecule has 0 spiro atoms. The third-order valence-corrected chi connectivity index (χ3v) is 2.98. The molecule has 1 aromatic rings. The molecule has 2 rings (SSSR count). The summed E-state index contributed by atoms with van der Waals surface area (Å²) in [6, 6.07) is 0.360. The zero-order chi connectivity index (χ0) is 12.4. The van der Waals surface area contributed by atoms with Gasteiger partial charge < -0.3 is 14.9 Å². The van der Waals surface area contributed by atoms with Gasteiger partial charge in [0.15, 0.2) is 5.69 Å². The highest BCUT2D eigenvalue weighted by atomic mass is 16.4. The van der Waals surface area contributed by atoms with Crippen LogP contribution in [0.5, 0.6) is 0 Å². The zero-order valence-electron chi connectivity index (χ0n) is 10.00. The SMILES string of the molecule is CC1CN(C)CCN1c1cnc(C(=O)O)cn1. The second kappa shape index (κ2) is 4.67. The van der Waals surface area contributed by atoms with Crippen LogP contribution < -0.4 is 4.90 Å². The van der Waals surface area contributed by atoms with E-state index in [1.165, 1.54) is 12.4 Å². The fraction of sp³-hybridized carbons (Fsp3) is 0.545. The maximum absolute atomic E-state index is 10.7. The van der Waals surface area contributed by atoms with Crippen molar-refractivity contribution < 1.29 is 9.90 Å². The molecule has 1 aliphatic rings. The highest BCUT2D eigenvalue weighted by Crippen LogP contribution is 2.16. The topological polar surface area (TPSA) is 69.6 Å². The third kappa shape index (κ3) is 2.52. The molecule has 6 heteroatoms. The predicted molar refractivity (Wildman–Crippen MR) is 63.3 cm³/mol. The number of hydrogen-bond donors (Lipinski definition) is 1. The van der Waals surface area contributed by atoms with E-state index in [1.54, 1.807) is 0 Å². The summed E-state index contributed by atoms with van der Waals surface area (Å²) in [4.78, 5) is 23.1. The lowest BCUT2D eigenvalue weighted by atomic mass is 10.2. The molecule has 0 radical (unpaired) electrons. The molecular weight excluding hydrogens is 220 g/mol. The quantitative estimate of drug-likeness (QED) is 0.797. The van der Waals surface area contributed by atoms with Gasteiger partial charge in [-0.2, -0.15) is 0 Å². The molecule has 1 aliphatic heterocycles. The molecular formula is C11H16N4O2. The molecule has 1 N–H and O–H groups in total. The molecule has 6 nitrogen and oxygen atoms in total. The molecule has 2 heterocycles. The van der Waals surface area contributed by atoms with Gasteiger partial charge in [0.1, 0.15) is 5.82 Å². The number of aromatic carboxylic acids is 1. The molecule has 92 valence electrons. The van der Waals surface area contributed by atoms with E-state index in [-0.39, 0.29) is 5.69 Å². The Morgan fingerprint density at radius 3 is 2.71 bits per heavy atom. The van der Waals surface area contributed by atoms with Crippen molar-refractivity contribution in [3.63, 3.8) is 0 Å². The molecule has 0 aromatic carbocycles. The second-order valence-corrected chi connectivity index (χ2v) is 4.37. The Bertz CT molecular complexity index is 406. The van der Waals surface area contributed by atoms with Gasteiger partial charge in [0.05, 0.1) is 12.4 Å². The first-order chi connectivity index (χ1) is 8.08. The highest BCUT2D eigenvalue weighted by molar-refractivity contribution is 5.84. The van der Waals surface area contributed by atoms with Crippen LogP contribution in [0.4, 0.5) is 5.82 Å². The minimum absolute atomic E-state index is 0.0180. The Balaban J connectivity index is 2.14. The first-order valence-corrected chi connectivity index (χ1v) is 5.58. The number of piperazine rings is 1. The number of carboxylic acids is 1. The van der Waals surface area contributed by atoms with Crippen molar-refractivity contribution in [2.45, 2.75) is 13.0 Å². The van der Waals surface area contributed by atoms with E-state index in [4.69, 9.17) is 5.11 Å². The van der Waals surface area contributed by atoms with Crippen LogP contribution in [0.15, 0.2) is 12.4 Å². The molecule has 1 fully saturated rings. The zero-order valence-corrected chi connectivity index (χ0v) is 10.00. The molecule has 17 heavy (non-hydrogen) atoms. The van der Waals surface area contributed by atoms with Crippen molar-refractivity contribution in [3.8, 4) is 0 Å². The Hall–Kier alpha value is -1.69. The Labute approximate surface area is 99.9 Å². The minimum atomic E-state index is -1.05. The van der Waals surface area contributed by atoms with E-state index in [0.717, 1.165) is 25.5 Å². The molecule has 0 aliphatic carbocycles. The summed E-state index contributed by atoms with van der Waals surface area (Å²) in [6.07, 6.45) is 2.84. The van der Waals surface area contributed by atoms with Gasteiger partial charge in [-0.25, -0.2) is 14.8 Å². The number of rotatable bonds is 2. The van der Waals surface area contributed by atoms with Crippen LogP contribution in [-0.2, 0) is 0 Å². The average Bonchev–Trinajstić information content (AvgIpc) is 2.29. The minimum Gasteiger partial charge on any atom is -0.476 e. The largest absolute Gasteiger partial charge is 0.476 e. The van der Waals surface area contributed by atoms with E-state index in [1.807, 2.05) is 0 Å². The molecule has 0 saturated carbocycles. The summed E-state index contributed by atoms with van der Waals surface area (Å²) in [5.74, 6) is -0.300. The van der Waals surface area contributed by atoms with E-state index in [0.29, 0.717) is 6.04 Å². The standard InChI is InChI=1S/C11H16N4O2/c1-8-7-14(2)3-4-15(8)10-6-12-9(5-13-10)11(16)17/h5-6,8H,3-4,7H2,1-2H3,(H,16,17). The third-order valence-electron chi connectivity index (χ3n) is 2.98. The number of hydrogen-bond acceptors (Lipinski definition) is 5. The lowest BCUT2D eigenvalue weighted by Crippen LogP contribution is -2.50. The smallest absolute Gasteiger partial charge is 0.356 e. The molecule has 0 amide bonds. The van der Waals surface area contributed by atoms with E-state index >= 15 is 0 Å². The summed E-state index contributed by atoms with van der Waals surface area (Å²) in [5, 5.41) is 8.75. The van der Waals surface area contributed by atoms with Gasteiger partial charge in [0.2, 0.25) is 0 Å². The number of nitrogens with zero attached hydrogens (tertiary/aromatic N) is 4. The molecule has 1 aromatic heterocycles. The van der Waals surface area contributed by atoms with Crippen LogP contribution in [0.3, 0.4) is 0 Å². The van der Waals surface area contributed by atoms with Gasteiger partial charge in [0.25, 0.3) is 0 Å². The van der Waals surface area contributed by atoms with Crippen LogP contribution in [0.1, 0.15) is 17.4 Å². The summed E-state index contributed by atoms with van der Waals surface area (Å²) in [6.45, 7) is 4.97. The second-order valence-electron chi connectivity index (χ2n) is 4.37. The van der Waals surface area contributed by atoms with Gasteiger partial charge in [-0.05, 0) is 14.0 Å². The molecule has 1 unspecified atom stereocenters. The number of aromatic nitrogens is 2. The first kappa shape index (κ1) is 11.8. The summed E-state index contributed by atoms with van der Waals surface area (Å²) >= 11 is 0. The fourth-order valence-corrected chi connectivity index (χ4v) is 2.06. The average molecular weight is 236 g/mol. The number of carboxylic acid groups (broad SMARTS) is 1. The van der Waals surface area contributed by atoms with Crippen LogP contribution in [0, 0.1) is 0 Å². The number of anilines is 1. The van der Waals surface area contributed by atoms with Crippen molar-refractivity contribution in [1.82, 2.24) is 14.9 Å². The Morgan fingerprint density at radius 1 is 1.41 bits per heavy atom. The highest BCUT2D eigenvalue weighted by Gasteiger charge is 2.22. The van der Waals surface area contributed by atoms with Gasteiger partial charge in [-0.1, -0.05) is 0 Å². The van der Waals surface area contributed by atoms with Crippen molar-refractivity contribution >= 4 is 11.8 Å². The first-order valence-electron chi connectivity index (χ1n) is 5.58.